The standard InChI is InChI=1S/C11H15FN3O2S/c1-11(2,12)10-5-4-9(6-15(10)16)7-18(3,17)14-8-13/h4-6,16H,7H2,1-3H3/q+1. The summed E-state index contributed by atoms with van der Waals surface area (Å²) >= 11 is 0. The van der Waals surface area contributed by atoms with Crippen molar-refractivity contribution < 1.29 is 18.5 Å². The molecule has 0 fully saturated rings. The van der Waals surface area contributed by atoms with E-state index in [9.17, 15) is 13.8 Å². The molecule has 98 valence electrons. The largest absolute Gasteiger partial charge is 0.285 e. The molecule has 1 unspecified atom stereocenters. The van der Waals surface area contributed by atoms with E-state index in [2.05, 4.69) is 4.36 Å². The van der Waals surface area contributed by atoms with Crippen molar-refractivity contribution in [1.82, 2.24) is 0 Å². The second kappa shape index (κ2) is 4.90. The fourth-order valence-electron chi connectivity index (χ4n) is 1.52. The van der Waals surface area contributed by atoms with Crippen LogP contribution in [0.15, 0.2) is 22.7 Å². The van der Waals surface area contributed by atoms with E-state index >= 15 is 0 Å². The molecule has 0 spiro atoms. The highest BCUT2D eigenvalue weighted by atomic mass is 32.2. The van der Waals surface area contributed by atoms with Gasteiger partial charge in [-0.25, -0.2) is 8.60 Å². The molecule has 1 atom stereocenters. The van der Waals surface area contributed by atoms with Gasteiger partial charge in [0.2, 0.25) is 12.4 Å². The predicted molar refractivity (Wildman–Crippen MR) is 63.8 cm³/mol. The van der Waals surface area contributed by atoms with Crippen molar-refractivity contribution in [3.8, 4) is 6.19 Å². The number of alkyl halides is 1. The van der Waals surface area contributed by atoms with Crippen LogP contribution in [-0.2, 0) is 21.2 Å². The summed E-state index contributed by atoms with van der Waals surface area (Å²) in [5.41, 5.74) is -1.08. The average molecular weight is 272 g/mol. The minimum atomic E-state index is -2.65. The zero-order valence-electron chi connectivity index (χ0n) is 10.4. The topological polar surface area (TPSA) is 77.3 Å². The van der Waals surface area contributed by atoms with Crippen LogP contribution in [0.25, 0.3) is 0 Å². The molecule has 0 aromatic carbocycles. The lowest BCUT2D eigenvalue weighted by Crippen LogP contribution is -2.40. The van der Waals surface area contributed by atoms with Gasteiger partial charge in [0.1, 0.15) is 0 Å². The van der Waals surface area contributed by atoms with Crippen molar-refractivity contribution in [2.45, 2.75) is 25.3 Å². The first-order chi connectivity index (χ1) is 8.15. The van der Waals surface area contributed by atoms with Crippen LogP contribution < -0.4 is 4.73 Å². The number of nitrogens with zero attached hydrogens (tertiary/aromatic N) is 3. The van der Waals surface area contributed by atoms with Crippen molar-refractivity contribution in [3.63, 3.8) is 0 Å². The highest BCUT2D eigenvalue weighted by molar-refractivity contribution is 7.92. The van der Waals surface area contributed by atoms with E-state index in [-0.39, 0.29) is 11.4 Å². The molecule has 1 heterocycles. The normalized spacial score (nSPS) is 14.6. The Morgan fingerprint density at radius 2 is 2.22 bits per heavy atom. The van der Waals surface area contributed by atoms with Gasteiger partial charge in [0.25, 0.3) is 5.69 Å². The van der Waals surface area contributed by atoms with Crippen LogP contribution in [0, 0.1) is 11.5 Å². The van der Waals surface area contributed by atoms with Crippen LogP contribution in [0.1, 0.15) is 25.1 Å². The van der Waals surface area contributed by atoms with Crippen LogP contribution >= 0.6 is 0 Å². The summed E-state index contributed by atoms with van der Waals surface area (Å²) in [4.78, 5) is 0. The maximum Gasteiger partial charge on any atom is 0.270 e. The number of rotatable bonds is 3. The molecule has 0 bridgehead atoms. The van der Waals surface area contributed by atoms with Crippen molar-refractivity contribution >= 4 is 9.73 Å². The van der Waals surface area contributed by atoms with Crippen LogP contribution in [-0.4, -0.2) is 15.7 Å². The van der Waals surface area contributed by atoms with E-state index in [0.29, 0.717) is 10.3 Å². The summed E-state index contributed by atoms with van der Waals surface area (Å²) in [7, 11) is -2.65. The summed E-state index contributed by atoms with van der Waals surface area (Å²) in [5.74, 6) is 0.0219. The zero-order chi connectivity index (χ0) is 14.0. The molecule has 1 aromatic rings. The Morgan fingerprint density at radius 3 is 2.67 bits per heavy atom. The van der Waals surface area contributed by atoms with Gasteiger partial charge in [-0.05, 0) is 19.9 Å². The van der Waals surface area contributed by atoms with E-state index in [0.717, 1.165) is 0 Å². The van der Waals surface area contributed by atoms with Crippen molar-refractivity contribution in [1.29, 1.82) is 5.26 Å². The maximum absolute atomic E-state index is 13.7. The fraction of sp³-hybridized carbons (Fsp3) is 0.455. The maximum atomic E-state index is 13.7. The summed E-state index contributed by atoms with van der Waals surface area (Å²) in [5, 5.41) is 18.0. The van der Waals surface area contributed by atoms with E-state index in [4.69, 9.17) is 5.26 Å². The van der Waals surface area contributed by atoms with Crippen molar-refractivity contribution in [2.75, 3.05) is 6.26 Å². The summed E-state index contributed by atoms with van der Waals surface area (Å²) in [6, 6.07) is 2.97. The number of pyridine rings is 1. The molecule has 1 rings (SSSR count). The molecule has 1 N–H and O–H groups in total. The Labute approximate surface area is 106 Å². The third kappa shape index (κ3) is 3.67. The Bertz CT molecular complexity index is 608. The van der Waals surface area contributed by atoms with Gasteiger partial charge < -0.3 is 0 Å². The highest BCUT2D eigenvalue weighted by Crippen LogP contribution is 2.21. The second-order valence-corrected chi connectivity index (χ2v) is 6.92. The first-order valence-corrected chi connectivity index (χ1v) is 7.26. The quantitative estimate of drug-likeness (QED) is 0.514. The Hall–Kier alpha value is -1.68. The van der Waals surface area contributed by atoms with Crippen LogP contribution in [0.5, 0.6) is 0 Å². The molecular weight excluding hydrogens is 257 g/mol. The van der Waals surface area contributed by atoms with Crippen LogP contribution in [0.2, 0.25) is 0 Å². The summed E-state index contributed by atoms with van der Waals surface area (Å²) in [6.45, 7) is 2.64. The van der Waals surface area contributed by atoms with Crippen molar-refractivity contribution in [3.05, 3.63) is 29.6 Å². The lowest BCUT2D eigenvalue weighted by Gasteiger charge is -2.09. The smallest absolute Gasteiger partial charge is 0.270 e. The molecule has 0 aliphatic rings. The van der Waals surface area contributed by atoms with Gasteiger partial charge in [-0.3, -0.25) is 5.21 Å². The Kier molecular flexibility index (Phi) is 3.92. The Morgan fingerprint density at radius 1 is 1.61 bits per heavy atom. The van der Waals surface area contributed by atoms with Gasteiger partial charge in [-0.2, -0.15) is 5.26 Å². The zero-order valence-corrected chi connectivity index (χ0v) is 11.2. The molecular formula is C11H15FN3O2S+. The van der Waals surface area contributed by atoms with Gasteiger partial charge >= 0.3 is 0 Å². The van der Waals surface area contributed by atoms with Gasteiger partial charge in [-0.15, -0.1) is 4.36 Å². The second-order valence-electron chi connectivity index (χ2n) is 4.53. The van der Waals surface area contributed by atoms with Crippen LogP contribution in [0.3, 0.4) is 0 Å². The number of halogens is 1. The molecule has 0 aliphatic carbocycles. The molecule has 1 aromatic heterocycles. The molecule has 0 radical (unpaired) electrons. The summed E-state index contributed by atoms with van der Waals surface area (Å²) < 4.78 is 29.5. The predicted octanol–water partition coefficient (Wildman–Crippen LogP) is 1.49. The van der Waals surface area contributed by atoms with Gasteiger partial charge in [-0.1, -0.05) is 0 Å². The van der Waals surface area contributed by atoms with E-state index in [1.807, 2.05) is 0 Å². The number of hydrogen-bond acceptors (Lipinski definition) is 4. The minimum absolute atomic E-state index is 0.0219. The lowest BCUT2D eigenvalue weighted by molar-refractivity contribution is -0.912. The molecule has 0 aliphatic heterocycles. The highest BCUT2D eigenvalue weighted by Gasteiger charge is 2.30. The first kappa shape index (κ1) is 14.4. The van der Waals surface area contributed by atoms with E-state index in [1.54, 1.807) is 6.07 Å². The molecule has 0 amide bonds. The SMILES string of the molecule is CC(C)(F)c1ccc(CS(C)(=O)=NC#N)c[n+]1O. The first-order valence-electron chi connectivity index (χ1n) is 5.17. The molecule has 0 saturated heterocycles. The average Bonchev–Trinajstić information content (AvgIpc) is 2.13. The van der Waals surface area contributed by atoms with E-state index in [1.165, 1.54) is 38.6 Å². The monoisotopic (exact) mass is 272 g/mol. The lowest BCUT2D eigenvalue weighted by atomic mass is 10.1. The van der Waals surface area contributed by atoms with Gasteiger partial charge in [0.05, 0.1) is 15.5 Å². The fourth-order valence-corrected chi connectivity index (χ4v) is 2.54. The Balaban J connectivity index is 3.12. The van der Waals surface area contributed by atoms with Gasteiger partial charge in [0, 0.05) is 22.6 Å². The number of hydrogen-bond donors (Lipinski definition) is 1. The van der Waals surface area contributed by atoms with Gasteiger partial charge in [0.15, 0.2) is 5.67 Å². The third-order valence-corrected chi connectivity index (χ3v) is 3.60. The third-order valence-electron chi connectivity index (χ3n) is 2.27. The number of nitriles is 1. The molecule has 18 heavy (non-hydrogen) atoms. The minimum Gasteiger partial charge on any atom is -0.285 e. The van der Waals surface area contributed by atoms with Crippen molar-refractivity contribution in [2.24, 2.45) is 4.36 Å². The summed E-state index contributed by atoms with van der Waals surface area (Å²) in [6.07, 6.45) is 4.12. The molecule has 0 saturated carbocycles. The van der Waals surface area contributed by atoms with Crippen LogP contribution in [0.4, 0.5) is 4.39 Å². The van der Waals surface area contributed by atoms with E-state index < -0.39 is 15.4 Å². The molecule has 5 nitrogen and oxygen atoms in total. The number of aromatic nitrogens is 1. The molecule has 7 heteroatoms.